The molecule has 1 atom stereocenters. The fraction of sp³-hybridized carbons (Fsp3) is 0.350. The molecule has 2 aromatic rings. The Labute approximate surface area is 157 Å². The fourth-order valence-electron chi connectivity index (χ4n) is 3.22. The molecular weight excluding hydrogens is 348 g/mol. The molecule has 1 aliphatic rings. The molecule has 0 N–H and O–H groups in total. The summed E-state index contributed by atoms with van der Waals surface area (Å²) >= 11 is 1.58. The van der Waals surface area contributed by atoms with Crippen LogP contribution in [0.2, 0.25) is 0 Å². The molecule has 0 fully saturated rings. The third-order valence-electron chi connectivity index (χ3n) is 4.47. The van der Waals surface area contributed by atoms with E-state index in [0.29, 0.717) is 24.1 Å². The molecule has 1 unspecified atom stereocenters. The second-order valence-electron chi connectivity index (χ2n) is 6.94. The van der Waals surface area contributed by atoms with Crippen LogP contribution in [-0.4, -0.2) is 40.6 Å². The molecule has 0 bridgehead atoms. The Morgan fingerprint density at radius 1 is 1.08 bits per heavy atom. The zero-order chi connectivity index (χ0) is 18.8. The molecule has 0 saturated heterocycles. The third kappa shape index (κ3) is 3.42. The third-order valence-corrected chi connectivity index (χ3v) is 5.33. The molecule has 1 aromatic heterocycles. The van der Waals surface area contributed by atoms with Crippen molar-refractivity contribution in [2.75, 3.05) is 7.05 Å². The first-order valence-corrected chi connectivity index (χ1v) is 9.52. The van der Waals surface area contributed by atoms with Crippen LogP contribution >= 0.6 is 11.3 Å². The monoisotopic (exact) mass is 370 g/mol. The van der Waals surface area contributed by atoms with Crippen LogP contribution in [0.4, 0.5) is 0 Å². The maximum absolute atomic E-state index is 13.1. The van der Waals surface area contributed by atoms with Gasteiger partial charge in [0.05, 0.1) is 17.7 Å². The SMILES string of the molecule is CC(C)CC(C(=O)N(C)Cc1cccs1)N1C(=O)c2ccccc2C1=O. The highest BCUT2D eigenvalue weighted by Crippen LogP contribution is 2.28. The van der Waals surface area contributed by atoms with Gasteiger partial charge in [-0.15, -0.1) is 11.3 Å². The number of carbonyl (C=O) groups is 3. The minimum atomic E-state index is -0.785. The van der Waals surface area contributed by atoms with Gasteiger partial charge in [0.1, 0.15) is 6.04 Å². The lowest BCUT2D eigenvalue weighted by molar-refractivity contribution is -0.135. The van der Waals surface area contributed by atoms with Crippen LogP contribution in [0.25, 0.3) is 0 Å². The highest BCUT2D eigenvalue weighted by Gasteiger charge is 2.43. The molecule has 5 nitrogen and oxygen atoms in total. The average molecular weight is 370 g/mol. The average Bonchev–Trinajstić information content (AvgIpc) is 3.20. The van der Waals surface area contributed by atoms with Gasteiger partial charge < -0.3 is 4.90 Å². The summed E-state index contributed by atoms with van der Waals surface area (Å²) < 4.78 is 0. The van der Waals surface area contributed by atoms with Crippen molar-refractivity contribution in [1.82, 2.24) is 9.80 Å². The Bertz CT molecular complexity index is 794. The fourth-order valence-corrected chi connectivity index (χ4v) is 3.98. The van der Waals surface area contributed by atoms with Gasteiger partial charge in [-0.05, 0) is 35.9 Å². The molecule has 0 spiro atoms. The Balaban J connectivity index is 1.88. The first-order valence-electron chi connectivity index (χ1n) is 8.64. The van der Waals surface area contributed by atoms with E-state index in [1.807, 2.05) is 31.4 Å². The predicted octanol–water partition coefficient (Wildman–Crippen LogP) is 3.42. The number of hydrogen-bond acceptors (Lipinski definition) is 4. The van der Waals surface area contributed by atoms with Crippen molar-refractivity contribution in [2.45, 2.75) is 32.9 Å². The largest absolute Gasteiger partial charge is 0.339 e. The number of carbonyl (C=O) groups excluding carboxylic acids is 3. The van der Waals surface area contributed by atoms with E-state index in [4.69, 9.17) is 0 Å². The smallest absolute Gasteiger partial charge is 0.262 e. The summed E-state index contributed by atoms with van der Waals surface area (Å²) in [6, 6.07) is 9.87. The molecule has 3 amide bonds. The van der Waals surface area contributed by atoms with E-state index in [-0.39, 0.29) is 23.6 Å². The summed E-state index contributed by atoms with van der Waals surface area (Å²) in [5, 5.41) is 1.96. The maximum Gasteiger partial charge on any atom is 0.262 e. The van der Waals surface area contributed by atoms with Gasteiger partial charge in [-0.1, -0.05) is 32.0 Å². The van der Waals surface area contributed by atoms with E-state index in [2.05, 4.69) is 0 Å². The van der Waals surface area contributed by atoms with Gasteiger partial charge in [-0.25, -0.2) is 0 Å². The molecule has 2 heterocycles. The number of amides is 3. The van der Waals surface area contributed by atoms with Crippen LogP contribution in [0.3, 0.4) is 0 Å². The summed E-state index contributed by atoms with van der Waals surface area (Å²) in [7, 11) is 1.72. The number of nitrogens with zero attached hydrogens (tertiary/aromatic N) is 2. The second kappa shape index (κ2) is 7.41. The summed E-state index contributed by atoms with van der Waals surface area (Å²) in [4.78, 5) is 42.6. The van der Waals surface area contributed by atoms with Crippen molar-refractivity contribution < 1.29 is 14.4 Å². The van der Waals surface area contributed by atoms with Crippen LogP contribution in [-0.2, 0) is 11.3 Å². The van der Waals surface area contributed by atoms with Gasteiger partial charge in [0.15, 0.2) is 0 Å². The van der Waals surface area contributed by atoms with Gasteiger partial charge >= 0.3 is 0 Å². The van der Waals surface area contributed by atoms with Gasteiger partial charge in [-0.2, -0.15) is 0 Å². The van der Waals surface area contributed by atoms with E-state index in [9.17, 15) is 14.4 Å². The Kier molecular flexibility index (Phi) is 5.23. The lowest BCUT2D eigenvalue weighted by Crippen LogP contribution is -2.50. The molecular formula is C20H22N2O3S. The van der Waals surface area contributed by atoms with E-state index < -0.39 is 6.04 Å². The maximum atomic E-state index is 13.1. The van der Waals surface area contributed by atoms with Crippen molar-refractivity contribution in [3.63, 3.8) is 0 Å². The highest BCUT2D eigenvalue weighted by atomic mass is 32.1. The molecule has 1 aliphatic heterocycles. The van der Waals surface area contributed by atoms with Crippen molar-refractivity contribution >= 4 is 29.1 Å². The summed E-state index contributed by atoms with van der Waals surface area (Å²) in [5.74, 6) is -0.798. The van der Waals surface area contributed by atoms with Crippen LogP contribution in [0.5, 0.6) is 0 Å². The topological polar surface area (TPSA) is 57.7 Å². The van der Waals surface area contributed by atoms with Crippen LogP contribution in [0.1, 0.15) is 45.9 Å². The highest BCUT2D eigenvalue weighted by molar-refractivity contribution is 7.09. The second-order valence-corrected chi connectivity index (χ2v) is 7.98. The summed E-state index contributed by atoms with van der Waals surface area (Å²) in [6.45, 7) is 4.43. The van der Waals surface area contributed by atoms with Crippen LogP contribution in [0.15, 0.2) is 41.8 Å². The standard InChI is InChI=1S/C20H22N2O3S/c1-13(2)11-17(20(25)21(3)12-14-7-6-10-26-14)22-18(23)15-8-4-5-9-16(15)19(22)24/h4-10,13,17H,11-12H2,1-3H3. The number of rotatable bonds is 6. The van der Waals surface area contributed by atoms with Crippen LogP contribution in [0, 0.1) is 5.92 Å². The zero-order valence-electron chi connectivity index (χ0n) is 15.1. The molecule has 26 heavy (non-hydrogen) atoms. The first-order chi connectivity index (χ1) is 12.4. The summed E-state index contributed by atoms with van der Waals surface area (Å²) in [6.07, 6.45) is 0.444. The zero-order valence-corrected chi connectivity index (χ0v) is 16.0. The van der Waals surface area contributed by atoms with Gasteiger partial charge in [-0.3, -0.25) is 19.3 Å². The minimum Gasteiger partial charge on any atom is -0.339 e. The lowest BCUT2D eigenvalue weighted by atomic mass is 10.0. The predicted molar refractivity (Wildman–Crippen MR) is 101 cm³/mol. The number of likely N-dealkylation sites (N-methyl/N-ethyl adjacent to an activating group) is 1. The number of hydrogen-bond donors (Lipinski definition) is 0. The Hall–Kier alpha value is -2.47. The molecule has 6 heteroatoms. The van der Waals surface area contributed by atoms with E-state index in [0.717, 1.165) is 9.78 Å². The lowest BCUT2D eigenvalue weighted by Gasteiger charge is -2.30. The van der Waals surface area contributed by atoms with Crippen molar-refractivity contribution in [2.24, 2.45) is 5.92 Å². The Morgan fingerprint density at radius 3 is 2.19 bits per heavy atom. The number of benzene rings is 1. The summed E-state index contributed by atoms with van der Waals surface area (Å²) in [5.41, 5.74) is 0.750. The number of fused-ring (bicyclic) bond motifs is 1. The quantitative estimate of drug-likeness (QED) is 0.732. The first kappa shape index (κ1) is 18.3. The van der Waals surface area contributed by atoms with Crippen LogP contribution < -0.4 is 0 Å². The van der Waals surface area contributed by atoms with E-state index >= 15 is 0 Å². The molecule has 1 aromatic carbocycles. The molecule has 3 rings (SSSR count). The van der Waals surface area contributed by atoms with Crippen molar-refractivity contribution in [3.05, 3.63) is 57.8 Å². The Morgan fingerprint density at radius 2 is 1.69 bits per heavy atom. The van der Waals surface area contributed by atoms with Crippen molar-refractivity contribution in [1.29, 1.82) is 0 Å². The molecule has 0 aliphatic carbocycles. The van der Waals surface area contributed by atoms with Gasteiger partial charge in [0.25, 0.3) is 11.8 Å². The van der Waals surface area contributed by atoms with Gasteiger partial charge in [0.2, 0.25) is 5.91 Å². The molecule has 0 radical (unpaired) electrons. The number of thiophene rings is 1. The number of imide groups is 1. The van der Waals surface area contributed by atoms with E-state index in [1.54, 1.807) is 47.5 Å². The van der Waals surface area contributed by atoms with Crippen molar-refractivity contribution in [3.8, 4) is 0 Å². The van der Waals surface area contributed by atoms with E-state index in [1.165, 1.54) is 0 Å². The van der Waals surface area contributed by atoms with Gasteiger partial charge in [0, 0.05) is 11.9 Å². The molecule has 136 valence electrons. The molecule has 0 saturated carbocycles. The minimum absolute atomic E-state index is 0.170. The normalized spacial score (nSPS) is 14.7.